The van der Waals surface area contributed by atoms with Crippen LogP contribution in [0.1, 0.15) is 133 Å². The number of rotatable bonds is 14. The Morgan fingerprint density at radius 3 is 1.26 bits per heavy atom. The van der Waals surface area contributed by atoms with Gasteiger partial charge in [-0.2, -0.15) is 0 Å². The third kappa shape index (κ3) is 14.1. The van der Waals surface area contributed by atoms with E-state index in [0.29, 0.717) is 74.1 Å². The second-order valence-electron chi connectivity index (χ2n) is 27.3. The first-order valence-electron chi connectivity index (χ1n) is 35.2. The number of pyridine rings is 2. The summed E-state index contributed by atoms with van der Waals surface area (Å²) in [6.07, 6.45) is 16.2. The highest BCUT2D eigenvalue weighted by atomic mass is 19.1. The number of ether oxygens (including phenoxy) is 2. The van der Waals surface area contributed by atoms with Gasteiger partial charge < -0.3 is 29.2 Å². The van der Waals surface area contributed by atoms with Crippen LogP contribution in [-0.4, -0.2) is 134 Å². The molecule has 4 fully saturated rings. The summed E-state index contributed by atoms with van der Waals surface area (Å²) in [5.41, 5.74) is 6.18. The van der Waals surface area contributed by atoms with E-state index in [1.807, 2.05) is 48.8 Å². The molecule has 0 radical (unpaired) electrons. The molecule has 16 rings (SSSR count). The topological polar surface area (TPSA) is 233 Å². The van der Waals surface area contributed by atoms with Crippen molar-refractivity contribution in [3.63, 3.8) is 0 Å². The predicted molar refractivity (Wildman–Crippen MR) is 374 cm³/mol. The molecule has 516 valence electrons. The maximum absolute atomic E-state index is 14.5. The van der Waals surface area contributed by atoms with Gasteiger partial charge in [-0.05, 0) is 147 Å². The zero-order valence-corrected chi connectivity index (χ0v) is 55.8. The molecule has 0 atom stereocenters. The van der Waals surface area contributed by atoms with E-state index in [9.17, 15) is 37.5 Å². The molecule has 0 bridgehead atoms. The molecule has 2 N–H and O–H groups in total. The number of morpholine rings is 2. The van der Waals surface area contributed by atoms with Crippen LogP contribution in [0.4, 0.5) is 8.78 Å². The normalized spacial score (nSPS) is 19.7. The standard InChI is InChI=1S/2C38H40FN7O4/c2*39-28-21-32-35(40-22-28)45(31-5-3-4-27(20-31)26-9-7-25(8-10-26)23-43-16-18-50-19-17-43)38(49)46(37(32)48)30-13-11-29(12-14-30)41-36(47)33-24-44-15-2-1-6-34(44)42-33/h2*3-5,7-10,20-22,24,29-30H,1-2,6,11-19,23H2,(H,41,47)/t2*29-,30+. The molecule has 100 heavy (non-hydrogen) atoms. The molecule has 4 aromatic carbocycles. The van der Waals surface area contributed by atoms with E-state index >= 15 is 0 Å². The Kier molecular flexibility index (Phi) is 19.2. The summed E-state index contributed by atoms with van der Waals surface area (Å²) in [6.45, 7) is 10.1. The fraction of sp³-hybridized carbons (Fsp3) is 0.395. The van der Waals surface area contributed by atoms with Gasteiger partial charge in [0, 0.05) is 102 Å². The summed E-state index contributed by atoms with van der Waals surface area (Å²) in [6, 6.07) is 33.1. The van der Waals surface area contributed by atoms with Gasteiger partial charge in [-0.1, -0.05) is 72.8 Å². The third-order valence-corrected chi connectivity index (χ3v) is 20.7. The molecule has 2 saturated heterocycles. The van der Waals surface area contributed by atoms with Crippen LogP contribution in [0.5, 0.6) is 0 Å². The van der Waals surface area contributed by atoms with Gasteiger partial charge in [0.1, 0.15) is 34.7 Å². The lowest BCUT2D eigenvalue weighted by atomic mass is 9.90. The van der Waals surface area contributed by atoms with Crippen LogP contribution < -0.4 is 33.1 Å². The largest absolute Gasteiger partial charge is 0.379 e. The van der Waals surface area contributed by atoms with Gasteiger partial charge in [0.25, 0.3) is 22.9 Å². The summed E-state index contributed by atoms with van der Waals surface area (Å²) < 4.78 is 49.5. The lowest BCUT2D eigenvalue weighted by molar-refractivity contribution is 0.0341. The Morgan fingerprint density at radius 2 is 0.870 bits per heavy atom. The number of carbonyl (C=O) groups is 2. The number of aromatic nitrogens is 10. The summed E-state index contributed by atoms with van der Waals surface area (Å²) in [7, 11) is 0. The lowest BCUT2D eigenvalue weighted by Gasteiger charge is -2.30. The number of nitrogens with zero attached hydrogens (tertiary/aromatic N) is 12. The van der Waals surface area contributed by atoms with Crippen molar-refractivity contribution < 1.29 is 27.8 Å². The minimum atomic E-state index is -0.648. The Labute approximate surface area is 574 Å². The van der Waals surface area contributed by atoms with Crippen LogP contribution in [0.15, 0.2) is 153 Å². The third-order valence-electron chi connectivity index (χ3n) is 20.7. The molecule has 6 aliphatic rings. The van der Waals surface area contributed by atoms with Crippen LogP contribution in [-0.2, 0) is 48.5 Å². The SMILES string of the molecule is O=C(N[C@H]1CC[C@@H](n2c(=O)c3cc(F)cnc3n(-c3cccc(-c4ccc(CN5CCOCC5)cc4)c3)c2=O)CC1)c1cn2c(n1)CCCC2.O=C(N[C@H]1CC[C@@H](n2c(=O)c3cc(F)cnc3n(-c3cccc(-c4ccc(CN5CCOCC5)cc4)c3)c2=O)CC1)c1cn2c(n1)CCCC2. The quantitative estimate of drug-likeness (QED) is 0.103. The van der Waals surface area contributed by atoms with Gasteiger partial charge in [0.05, 0.1) is 61.0 Å². The first kappa shape index (κ1) is 66.0. The average Bonchev–Trinajstić information content (AvgIpc) is 0.921. The maximum atomic E-state index is 14.5. The number of hydrogen-bond acceptors (Lipinski definition) is 14. The maximum Gasteiger partial charge on any atom is 0.337 e. The minimum absolute atomic E-state index is 0.0432. The molecule has 0 unspecified atom stereocenters. The number of nitrogens with one attached hydrogen (secondary N) is 2. The van der Waals surface area contributed by atoms with Crippen molar-refractivity contribution in [2.45, 2.75) is 140 Å². The van der Waals surface area contributed by atoms with Gasteiger partial charge in [-0.3, -0.25) is 38.1 Å². The molecular weight excluding hydrogens is 1270 g/mol. The number of carbonyl (C=O) groups excluding carboxylic acids is 2. The van der Waals surface area contributed by atoms with E-state index in [-0.39, 0.29) is 46.0 Å². The molecule has 6 aromatic heterocycles. The van der Waals surface area contributed by atoms with Crippen LogP contribution in [0.25, 0.3) is 55.7 Å². The zero-order valence-electron chi connectivity index (χ0n) is 55.8. The number of aryl methyl sites for hydroxylation is 4. The molecule has 2 aliphatic carbocycles. The van der Waals surface area contributed by atoms with Gasteiger partial charge in [-0.25, -0.2) is 47.4 Å². The van der Waals surface area contributed by atoms with Crippen molar-refractivity contribution >= 4 is 33.9 Å². The van der Waals surface area contributed by atoms with E-state index < -0.39 is 46.2 Å². The molecule has 2 amide bonds. The van der Waals surface area contributed by atoms with Crippen LogP contribution in [0.2, 0.25) is 0 Å². The number of halogens is 2. The average molecular weight is 1360 g/mol. The van der Waals surface area contributed by atoms with Crippen molar-refractivity contribution in [1.82, 2.24) is 67.8 Å². The van der Waals surface area contributed by atoms with Gasteiger partial charge in [-0.15, -0.1) is 0 Å². The van der Waals surface area contributed by atoms with E-state index in [4.69, 9.17) is 9.47 Å². The molecule has 22 nitrogen and oxygen atoms in total. The molecule has 0 spiro atoms. The fourth-order valence-corrected chi connectivity index (χ4v) is 15.3. The van der Waals surface area contributed by atoms with Gasteiger partial charge in [0.15, 0.2) is 11.3 Å². The second-order valence-corrected chi connectivity index (χ2v) is 27.3. The first-order valence-corrected chi connectivity index (χ1v) is 35.2. The molecule has 2 saturated carbocycles. The van der Waals surface area contributed by atoms with Crippen LogP contribution in [0.3, 0.4) is 0 Å². The molecule has 10 heterocycles. The second kappa shape index (κ2) is 29.1. The van der Waals surface area contributed by atoms with Crippen molar-refractivity contribution in [2.75, 3.05) is 52.6 Å². The first-order chi connectivity index (χ1) is 48.8. The number of hydrogen-bond donors (Lipinski definition) is 2. The van der Waals surface area contributed by atoms with Gasteiger partial charge in [0.2, 0.25) is 0 Å². The smallest absolute Gasteiger partial charge is 0.337 e. The highest BCUT2D eigenvalue weighted by Gasteiger charge is 2.32. The highest BCUT2D eigenvalue weighted by Crippen LogP contribution is 2.32. The number of imidazole rings is 2. The van der Waals surface area contributed by atoms with Crippen molar-refractivity contribution in [3.05, 3.63) is 221 Å². The zero-order chi connectivity index (χ0) is 68.4. The van der Waals surface area contributed by atoms with E-state index in [2.05, 4.69) is 98.0 Å². The molecule has 24 heteroatoms. The highest BCUT2D eigenvalue weighted by molar-refractivity contribution is 5.93. The minimum Gasteiger partial charge on any atom is -0.379 e. The Bertz CT molecular complexity index is 4580. The Balaban J connectivity index is 0.000000162. The molecule has 4 aliphatic heterocycles. The summed E-state index contributed by atoms with van der Waals surface area (Å²) in [4.78, 5) is 105. The van der Waals surface area contributed by atoms with Crippen LogP contribution in [0, 0.1) is 11.6 Å². The molecule has 10 aromatic rings. The van der Waals surface area contributed by atoms with Crippen LogP contribution >= 0.6 is 0 Å². The Morgan fingerprint density at radius 1 is 0.470 bits per heavy atom. The predicted octanol–water partition coefficient (Wildman–Crippen LogP) is 9.26. The monoisotopic (exact) mass is 1350 g/mol. The fourth-order valence-electron chi connectivity index (χ4n) is 15.3. The van der Waals surface area contributed by atoms with E-state index in [1.54, 1.807) is 12.1 Å². The van der Waals surface area contributed by atoms with E-state index in [0.717, 1.165) is 176 Å². The number of benzene rings is 4. The number of fused-ring (bicyclic) bond motifs is 4. The van der Waals surface area contributed by atoms with E-state index in [1.165, 1.54) is 29.4 Å². The van der Waals surface area contributed by atoms with Gasteiger partial charge >= 0.3 is 11.4 Å². The van der Waals surface area contributed by atoms with Crippen molar-refractivity contribution in [2.24, 2.45) is 0 Å². The lowest BCUT2D eigenvalue weighted by Crippen LogP contribution is -2.45. The Hall–Kier alpha value is -9.88. The molecular formula is C76H80F2N14O8. The van der Waals surface area contributed by atoms with Crippen molar-refractivity contribution in [3.8, 4) is 33.6 Å². The summed E-state index contributed by atoms with van der Waals surface area (Å²) >= 11 is 0. The summed E-state index contributed by atoms with van der Waals surface area (Å²) in [5.74, 6) is 0.202. The number of amides is 2. The summed E-state index contributed by atoms with van der Waals surface area (Å²) in [5, 5.41) is 6.31. The van der Waals surface area contributed by atoms with Crippen molar-refractivity contribution in [1.29, 1.82) is 0 Å².